The summed E-state index contributed by atoms with van der Waals surface area (Å²) in [5.74, 6) is 0. The summed E-state index contributed by atoms with van der Waals surface area (Å²) in [7, 11) is 2.23. The molecule has 0 aromatic rings. The quantitative estimate of drug-likeness (QED) is 0.730. The van der Waals surface area contributed by atoms with Crippen LogP contribution in [0.25, 0.3) is 0 Å². The van der Waals surface area contributed by atoms with Gasteiger partial charge in [-0.25, -0.2) is 0 Å². The van der Waals surface area contributed by atoms with Crippen molar-refractivity contribution in [1.82, 2.24) is 9.80 Å². The highest BCUT2D eigenvalue weighted by atomic mass is 15.3. The summed E-state index contributed by atoms with van der Waals surface area (Å²) >= 11 is 0. The van der Waals surface area contributed by atoms with Crippen molar-refractivity contribution >= 4 is 0 Å². The van der Waals surface area contributed by atoms with Gasteiger partial charge in [0.05, 0.1) is 0 Å². The molecule has 2 rings (SSSR count). The Labute approximate surface area is 100.0 Å². The minimum Gasteiger partial charge on any atom is -0.326 e. The molecule has 1 saturated heterocycles. The van der Waals surface area contributed by atoms with E-state index in [2.05, 4.69) is 30.7 Å². The molecule has 0 aromatic heterocycles. The maximum Gasteiger partial charge on any atom is 0.0277 e. The molecule has 0 radical (unpaired) electrons. The van der Waals surface area contributed by atoms with Gasteiger partial charge in [-0.2, -0.15) is 0 Å². The highest BCUT2D eigenvalue weighted by molar-refractivity contribution is 4.94. The van der Waals surface area contributed by atoms with Crippen LogP contribution < -0.4 is 5.73 Å². The number of likely N-dealkylation sites (N-methyl/N-ethyl adjacent to an activating group) is 1. The average Bonchev–Trinajstić information content (AvgIpc) is 2.23. The lowest BCUT2D eigenvalue weighted by Crippen LogP contribution is -2.62. The molecule has 2 atom stereocenters. The second kappa shape index (κ2) is 4.63. The van der Waals surface area contributed by atoms with Gasteiger partial charge in [-0.15, -0.1) is 0 Å². The van der Waals surface area contributed by atoms with E-state index in [0.717, 1.165) is 0 Å². The van der Waals surface area contributed by atoms with Gasteiger partial charge in [0.15, 0.2) is 0 Å². The molecule has 16 heavy (non-hydrogen) atoms. The zero-order chi connectivity index (χ0) is 11.8. The van der Waals surface area contributed by atoms with Crippen LogP contribution in [0.15, 0.2) is 0 Å². The number of nitrogens with two attached hydrogens (primary N) is 1. The summed E-state index contributed by atoms with van der Waals surface area (Å²) in [6.07, 6.45) is 5.22. The topological polar surface area (TPSA) is 32.5 Å². The third-order valence-electron chi connectivity index (χ3n) is 4.60. The zero-order valence-corrected chi connectivity index (χ0v) is 11.1. The summed E-state index contributed by atoms with van der Waals surface area (Å²) in [6, 6.07) is 1.05. The van der Waals surface area contributed by atoms with Crippen molar-refractivity contribution < 1.29 is 0 Å². The van der Waals surface area contributed by atoms with E-state index < -0.39 is 0 Å². The van der Waals surface area contributed by atoms with Gasteiger partial charge in [0.1, 0.15) is 0 Å². The van der Waals surface area contributed by atoms with E-state index >= 15 is 0 Å². The van der Waals surface area contributed by atoms with Gasteiger partial charge in [-0.3, -0.25) is 9.80 Å². The van der Waals surface area contributed by atoms with Crippen molar-refractivity contribution in [3.8, 4) is 0 Å². The summed E-state index contributed by atoms with van der Waals surface area (Å²) in [4.78, 5) is 5.11. The first kappa shape index (κ1) is 12.3. The number of piperazine rings is 1. The largest absolute Gasteiger partial charge is 0.326 e. The zero-order valence-electron chi connectivity index (χ0n) is 11.1. The number of hydrogen-bond acceptors (Lipinski definition) is 3. The molecule has 2 unspecified atom stereocenters. The molecule has 0 spiro atoms. The predicted molar refractivity (Wildman–Crippen MR) is 68.5 cm³/mol. The van der Waals surface area contributed by atoms with E-state index in [1.807, 2.05) is 0 Å². The third kappa shape index (κ3) is 2.41. The Balaban J connectivity index is 1.99. The van der Waals surface area contributed by atoms with Crippen molar-refractivity contribution in [2.75, 3.05) is 26.7 Å². The summed E-state index contributed by atoms with van der Waals surface area (Å²) in [5.41, 5.74) is 6.58. The Kier molecular flexibility index (Phi) is 3.57. The maximum atomic E-state index is 6.28. The van der Waals surface area contributed by atoms with Crippen LogP contribution in [0, 0.1) is 0 Å². The van der Waals surface area contributed by atoms with E-state index in [-0.39, 0.29) is 0 Å². The van der Waals surface area contributed by atoms with E-state index in [1.165, 1.54) is 45.3 Å². The van der Waals surface area contributed by atoms with Crippen LogP contribution in [0.4, 0.5) is 0 Å². The Hall–Kier alpha value is -0.120. The van der Waals surface area contributed by atoms with Gasteiger partial charge < -0.3 is 5.73 Å². The molecule has 0 aromatic carbocycles. The van der Waals surface area contributed by atoms with Crippen molar-refractivity contribution in [2.24, 2.45) is 5.73 Å². The normalized spacial score (nSPS) is 37.5. The first-order valence-electron chi connectivity index (χ1n) is 6.71. The molecule has 2 fully saturated rings. The molecule has 0 amide bonds. The van der Waals surface area contributed by atoms with E-state index in [1.54, 1.807) is 0 Å². The smallest absolute Gasteiger partial charge is 0.0277 e. The van der Waals surface area contributed by atoms with Gasteiger partial charge in [-0.05, 0) is 33.7 Å². The van der Waals surface area contributed by atoms with Crippen LogP contribution in [0.5, 0.6) is 0 Å². The van der Waals surface area contributed by atoms with Crippen LogP contribution >= 0.6 is 0 Å². The van der Waals surface area contributed by atoms with Gasteiger partial charge in [-0.1, -0.05) is 12.8 Å². The van der Waals surface area contributed by atoms with Crippen LogP contribution in [0.2, 0.25) is 0 Å². The first-order chi connectivity index (χ1) is 7.50. The van der Waals surface area contributed by atoms with E-state index in [9.17, 15) is 0 Å². The number of rotatable bonds is 1. The molecule has 2 aliphatic rings. The summed E-state index contributed by atoms with van der Waals surface area (Å²) in [5, 5.41) is 0. The summed E-state index contributed by atoms with van der Waals surface area (Å²) in [6.45, 7) is 8.22. The molecule has 0 bridgehead atoms. The minimum atomic E-state index is 0.301. The molecule has 94 valence electrons. The summed E-state index contributed by atoms with van der Waals surface area (Å²) < 4.78 is 0. The van der Waals surface area contributed by atoms with Crippen molar-refractivity contribution in [1.29, 1.82) is 0 Å². The van der Waals surface area contributed by atoms with Crippen LogP contribution in [0.3, 0.4) is 0 Å². The third-order valence-corrected chi connectivity index (χ3v) is 4.60. The monoisotopic (exact) mass is 225 g/mol. The predicted octanol–water partition coefficient (Wildman–Crippen LogP) is 1.28. The standard InChI is InChI=1S/C13H27N3/c1-13(2)10-16(9-8-15(13)3)12-7-5-4-6-11(12)14/h11-12H,4-10,14H2,1-3H3. The van der Waals surface area contributed by atoms with Gasteiger partial charge >= 0.3 is 0 Å². The molecule has 3 heteroatoms. The number of hydrogen-bond donors (Lipinski definition) is 1. The lowest BCUT2D eigenvalue weighted by Gasteiger charge is -2.50. The second-order valence-corrected chi connectivity index (χ2v) is 6.22. The molecule has 1 heterocycles. The highest BCUT2D eigenvalue weighted by Gasteiger charge is 2.36. The SMILES string of the molecule is CN1CCN(C2CCCCC2N)CC1(C)C. The van der Waals surface area contributed by atoms with Crippen molar-refractivity contribution in [3.63, 3.8) is 0 Å². The van der Waals surface area contributed by atoms with Crippen molar-refractivity contribution in [2.45, 2.75) is 57.2 Å². The molecule has 1 aliphatic carbocycles. The molecule has 3 nitrogen and oxygen atoms in total. The molecule has 1 aliphatic heterocycles. The van der Waals surface area contributed by atoms with Crippen LogP contribution in [-0.2, 0) is 0 Å². The first-order valence-corrected chi connectivity index (χ1v) is 6.71. The average molecular weight is 225 g/mol. The Bertz CT molecular complexity index is 239. The molecular formula is C13H27N3. The fourth-order valence-corrected chi connectivity index (χ4v) is 3.15. The van der Waals surface area contributed by atoms with Crippen LogP contribution in [-0.4, -0.2) is 54.1 Å². The second-order valence-electron chi connectivity index (χ2n) is 6.22. The minimum absolute atomic E-state index is 0.301. The van der Waals surface area contributed by atoms with Gasteiger partial charge in [0, 0.05) is 37.3 Å². The Morgan fingerprint density at radius 2 is 1.81 bits per heavy atom. The fraction of sp³-hybridized carbons (Fsp3) is 1.00. The van der Waals surface area contributed by atoms with Crippen LogP contribution in [0.1, 0.15) is 39.5 Å². The van der Waals surface area contributed by atoms with Crippen molar-refractivity contribution in [3.05, 3.63) is 0 Å². The lowest BCUT2D eigenvalue weighted by molar-refractivity contribution is 0.00275. The molecular weight excluding hydrogens is 198 g/mol. The fourth-order valence-electron chi connectivity index (χ4n) is 3.15. The Morgan fingerprint density at radius 3 is 2.44 bits per heavy atom. The lowest BCUT2D eigenvalue weighted by atomic mass is 9.87. The van der Waals surface area contributed by atoms with Gasteiger partial charge in [0.2, 0.25) is 0 Å². The van der Waals surface area contributed by atoms with E-state index in [0.29, 0.717) is 17.6 Å². The van der Waals surface area contributed by atoms with Gasteiger partial charge in [0.25, 0.3) is 0 Å². The van der Waals surface area contributed by atoms with E-state index in [4.69, 9.17) is 5.73 Å². The number of nitrogens with zero attached hydrogens (tertiary/aromatic N) is 2. The maximum absolute atomic E-state index is 6.28. The molecule has 2 N–H and O–H groups in total. The Morgan fingerprint density at radius 1 is 1.12 bits per heavy atom. The molecule has 1 saturated carbocycles. The highest BCUT2D eigenvalue weighted by Crippen LogP contribution is 2.27.